The molecule has 0 fully saturated rings. The molecule has 0 spiro atoms. The van der Waals surface area contributed by atoms with Gasteiger partial charge in [0.1, 0.15) is 11.6 Å². The number of benzene rings is 1. The molecule has 1 aromatic carbocycles. The molecule has 7 heteroatoms. The minimum atomic E-state index is -0.109. The van der Waals surface area contributed by atoms with Gasteiger partial charge >= 0.3 is 0 Å². The highest BCUT2D eigenvalue weighted by Gasteiger charge is 2.10. The van der Waals surface area contributed by atoms with Crippen molar-refractivity contribution in [2.75, 3.05) is 33.0 Å². The van der Waals surface area contributed by atoms with Gasteiger partial charge in [-0.15, -0.1) is 6.42 Å². The molecule has 1 aromatic heterocycles. The first-order valence-corrected chi connectivity index (χ1v) is 11.1. The monoisotopic (exact) mass is 416 g/mol. The van der Waals surface area contributed by atoms with Crippen molar-refractivity contribution in [2.24, 2.45) is 0 Å². The summed E-state index contributed by atoms with van der Waals surface area (Å²) in [6.45, 7) is 4.21. The molecule has 0 aliphatic carbocycles. The number of nitrogens with one attached hydrogen (secondary N) is 1. The Labute approximate surface area is 174 Å². The van der Waals surface area contributed by atoms with Gasteiger partial charge < -0.3 is 14.8 Å². The van der Waals surface area contributed by atoms with Gasteiger partial charge in [0, 0.05) is 23.6 Å². The van der Waals surface area contributed by atoms with E-state index >= 15 is 0 Å². The third-order valence-corrected chi connectivity index (χ3v) is 6.38. The average molecular weight is 417 g/mol. The van der Waals surface area contributed by atoms with E-state index in [1.165, 1.54) is 5.56 Å². The number of carbonyl (C=O) groups excluding carboxylic acids is 1. The van der Waals surface area contributed by atoms with Crippen molar-refractivity contribution in [3.63, 3.8) is 0 Å². The molecule has 1 amide bonds. The summed E-state index contributed by atoms with van der Waals surface area (Å²) in [5, 5.41) is 4.11. The van der Waals surface area contributed by atoms with Crippen LogP contribution in [-0.2, 0) is 9.47 Å². The fourth-order valence-corrected chi connectivity index (χ4v) is 4.28. The highest BCUT2D eigenvalue weighted by Crippen LogP contribution is 2.41. The largest absolute Gasteiger partial charge is 0.377 e. The number of aromatic nitrogens is 1. The van der Waals surface area contributed by atoms with Crippen molar-refractivity contribution in [3.8, 4) is 12.3 Å². The third kappa shape index (κ3) is 8.36. The zero-order chi connectivity index (χ0) is 20.0. The summed E-state index contributed by atoms with van der Waals surface area (Å²) >= 11 is 0. The zero-order valence-corrected chi connectivity index (χ0v) is 17.4. The summed E-state index contributed by atoms with van der Waals surface area (Å²) < 4.78 is 10.5. The van der Waals surface area contributed by atoms with Crippen LogP contribution in [0.1, 0.15) is 28.1 Å². The summed E-state index contributed by atoms with van der Waals surface area (Å²) in [5.41, 5.74) is 1.80. The van der Waals surface area contributed by atoms with Crippen LogP contribution in [0.15, 0.2) is 53.7 Å². The molecular formula is C21H24N2O3S2. The first-order chi connectivity index (χ1) is 13.7. The van der Waals surface area contributed by atoms with E-state index < -0.39 is 0 Å². The van der Waals surface area contributed by atoms with Gasteiger partial charge in [-0.05, 0) is 47.5 Å². The summed E-state index contributed by atoms with van der Waals surface area (Å²) in [4.78, 5) is 16.5. The molecule has 0 bridgehead atoms. The van der Waals surface area contributed by atoms with Gasteiger partial charge in [-0.2, -0.15) is 0 Å². The summed E-state index contributed by atoms with van der Waals surface area (Å²) in [5.74, 6) is 2.28. The fourth-order valence-electron chi connectivity index (χ4n) is 2.17. The zero-order valence-electron chi connectivity index (χ0n) is 15.8. The Morgan fingerprint density at radius 3 is 2.68 bits per heavy atom. The Bertz CT molecular complexity index is 748. The van der Waals surface area contributed by atoms with Crippen molar-refractivity contribution in [1.29, 1.82) is 0 Å². The quantitative estimate of drug-likeness (QED) is 0.321. The standard InChI is InChI=1S/C21H24N2O3S2/c1-3-13-25-15-16-26-14-12-23-21(24)19-9-7-18(8-10-19)17(2)27-28-20-6-4-5-11-22-20/h1,4-11,17H,12-16H2,2H3,(H,23,24). The lowest BCUT2D eigenvalue weighted by Crippen LogP contribution is -2.27. The van der Waals surface area contributed by atoms with Crippen LogP contribution in [0.25, 0.3) is 0 Å². The van der Waals surface area contributed by atoms with Gasteiger partial charge in [0.2, 0.25) is 0 Å². The van der Waals surface area contributed by atoms with Gasteiger partial charge in [0.05, 0.1) is 19.8 Å². The van der Waals surface area contributed by atoms with Gasteiger partial charge in [-0.1, -0.05) is 34.9 Å². The lowest BCUT2D eigenvalue weighted by Gasteiger charge is -2.11. The molecule has 1 unspecified atom stereocenters. The first kappa shape index (κ1) is 22.3. The van der Waals surface area contributed by atoms with Crippen LogP contribution in [0.5, 0.6) is 0 Å². The second kappa shape index (κ2) is 13.2. The number of hydrogen-bond donors (Lipinski definition) is 1. The lowest BCUT2D eigenvalue weighted by atomic mass is 10.1. The summed E-state index contributed by atoms with van der Waals surface area (Å²) in [6.07, 6.45) is 6.87. The predicted molar refractivity (Wildman–Crippen MR) is 115 cm³/mol. The maximum absolute atomic E-state index is 12.2. The molecule has 0 aliphatic rings. The van der Waals surface area contributed by atoms with Crippen molar-refractivity contribution >= 4 is 27.5 Å². The Morgan fingerprint density at radius 2 is 1.96 bits per heavy atom. The van der Waals surface area contributed by atoms with Crippen LogP contribution in [0.3, 0.4) is 0 Å². The second-order valence-electron chi connectivity index (χ2n) is 5.74. The van der Waals surface area contributed by atoms with E-state index in [9.17, 15) is 4.79 Å². The molecular weight excluding hydrogens is 392 g/mol. The van der Waals surface area contributed by atoms with Crippen LogP contribution in [0.2, 0.25) is 0 Å². The van der Waals surface area contributed by atoms with Gasteiger partial charge in [0.15, 0.2) is 0 Å². The fraction of sp³-hybridized carbons (Fsp3) is 0.333. The van der Waals surface area contributed by atoms with Gasteiger partial charge in [0.25, 0.3) is 5.91 Å². The van der Waals surface area contributed by atoms with Crippen molar-refractivity contribution in [2.45, 2.75) is 17.2 Å². The maximum Gasteiger partial charge on any atom is 0.251 e. The minimum absolute atomic E-state index is 0.109. The van der Waals surface area contributed by atoms with E-state index in [0.717, 1.165) is 5.03 Å². The van der Waals surface area contributed by atoms with E-state index in [-0.39, 0.29) is 17.8 Å². The molecule has 0 aliphatic heterocycles. The average Bonchev–Trinajstić information content (AvgIpc) is 2.74. The van der Waals surface area contributed by atoms with Crippen LogP contribution in [0.4, 0.5) is 0 Å². The number of ether oxygens (including phenoxy) is 2. The van der Waals surface area contributed by atoms with Crippen LogP contribution in [0, 0.1) is 12.3 Å². The van der Waals surface area contributed by atoms with Crippen molar-refractivity contribution in [3.05, 3.63) is 59.8 Å². The number of terminal acetylenes is 1. The number of pyridine rings is 1. The number of amides is 1. The molecule has 5 nitrogen and oxygen atoms in total. The highest BCUT2D eigenvalue weighted by molar-refractivity contribution is 8.76. The Hall–Kier alpha value is -1.98. The third-order valence-electron chi connectivity index (χ3n) is 3.65. The topological polar surface area (TPSA) is 60.5 Å². The normalized spacial score (nSPS) is 11.6. The lowest BCUT2D eigenvalue weighted by molar-refractivity contribution is 0.0600. The van der Waals surface area contributed by atoms with E-state index in [4.69, 9.17) is 15.9 Å². The molecule has 28 heavy (non-hydrogen) atoms. The van der Waals surface area contributed by atoms with E-state index in [1.807, 2.05) is 42.5 Å². The van der Waals surface area contributed by atoms with Crippen LogP contribution < -0.4 is 5.32 Å². The number of carbonyl (C=O) groups is 1. The molecule has 1 heterocycles. The maximum atomic E-state index is 12.2. The van der Waals surface area contributed by atoms with Crippen LogP contribution in [-0.4, -0.2) is 43.9 Å². The first-order valence-electron chi connectivity index (χ1n) is 8.92. The smallest absolute Gasteiger partial charge is 0.251 e. The molecule has 2 rings (SSSR count). The van der Waals surface area contributed by atoms with Gasteiger partial charge in [-0.25, -0.2) is 4.98 Å². The molecule has 0 radical (unpaired) electrons. The minimum Gasteiger partial charge on any atom is -0.377 e. The molecule has 2 aromatic rings. The summed E-state index contributed by atoms with van der Waals surface area (Å²) in [7, 11) is 3.39. The SMILES string of the molecule is C#CCOCCOCCNC(=O)c1ccc(C(C)SSc2ccccn2)cc1. The van der Waals surface area contributed by atoms with Crippen molar-refractivity contribution < 1.29 is 14.3 Å². The number of hydrogen-bond acceptors (Lipinski definition) is 6. The van der Waals surface area contributed by atoms with E-state index in [1.54, 1.807) is 27.8 Å². The van der Waals surface area contributed by atoms with Crippen molar-refractivity contribution in [1.82, 2.24) is 10.3 Å². The van der Waals surface area contributed by atoms with Crippen LogP contribution >= 0.6 is 21.6 Å². The Morgan fingerprint density at radius 1 is 1.18 bits per heavy atom. The second-order valence-corrected chi connectivity index (χ2v) is 8.30. The Kier molecular flexibility index (Phi) is 10.5. The molecule has 148 valence electrons. The number of nitrogens with zero attached hydrogens (tertiary/aromatic N) is 1. The predicted octanol–water partition coefficient (Wildman–Crippen LogP) is 3.98. The van der Waals surface area contributed by atoms with Gasteiger partial charge in [-0.3, -0.25) is 4.79 Å². The summed E-state index contributed by atoms with van der Waals surface area (Å²) in [6, 6.07) is 13.6. The Balaban J connectivity index is 1.68. The van der Waals surface area contributed by atoms with E-state index in [2.05, 4.69) is 23.1 Å². The van der Waals surface area contributed by atoms with E-state index in [0.29, 0.717) is 31.9 Å². The molecule has 0 saturated carbocycles. The molecule has 0 saturated heterocycles. The molecule has 1 N–H and O–H groups in total. The number of rotatable bonds is 12. The molecule has 1 atom stereocenters. The highest BCUT2D eigenvalue weighted by atomic mass is 33.1.